The Morgan fingerprint density at radius 3 is 2.68 bits per heavy atom. The van der Waals surface area contributed by atoms with Crippen molar-refractivity contribution in [1.29, 1.82) is 0 Å². The van der Waals surface area contributed by atoms with E-state index in [-0.39, 0.29) is 11.3 Å². The van der Waals surface area contributed by atoms with Gasteiger partial charge in [0, 0.05) is 11.1 Å². The van der Waals surface area contributed by atoms with Crippen molar-refractivity contribution >= 4 is 10.0 Å². The van der Waals surface area contributed by atoms with Crippen LogP contribution in [0.3, 0.4) is 0 Å². The molecule has 0 saturated heterocycles. The average molecular weight is 284 g/mol. The van der Waals surface area contributed by atoms with Crippen LogP contribution in [0.15, 0.2) is 30.6 Å². The molecular formula is C12H13FN2O3S. The first-order chi connectivity index (χ1) is 8.82. The summed E-state index contributed by atoms with van der Waals surface area (Å²) in [6, 6.07) is 3.45. The Morgan fingerprint density at radius 1 is 1.37 bits per heavy atom. The van der Waals surface area contributed by atoms with E-state index < -0.39 is 21.1 Å². The van der Waals surface area contributed by atoms with Crippen molar-refractivity contribution in [3.63, 3.8) is 0 Å². The van der Waals surface area contributed by atoms with E-state index in [1.165, 1.54) is 32.3 Å². The molecule has 1 heterocycles. The maximum Gasteiger partial charge on any atom is 0.256 e. The van der Waals surface area contributed by atoms with Crippen LogP contribution in [0, 0.1) is 5.82 Å². The zero-order valence-corrected chi connectivity index (χ0v) is 11.2. The third kappa shape index (κ3) is 2.46. The molecular weight excluding hydrogens is 271 g/mol. The van der Waals surface area contributed by atoms with Gasteiger partial charge in [0.15, 0.2) is 0 Å². The van der Waals surface area contributed by atoms with E-state index in [0.29, 0.717) is 5.56 Å². The average Bonchev–Trinajstić information content (AvgIpc) is 2.82. The highest BCUT2D eigenvalue weighted by atomic mass is 32.2. The molecule has 2 rings (SSSR count). The fraction of sp³-hybridized carbons (Fsp3) is 0.250. The third-order valence-electron chi connectivity index (χ3n) is 2.69. The highest BCUT2D eigenvalue weighted by Gasteiger charge is 2.20. The summed E-state index contributed by atoms with van der Waals surface area (Å²) in [6.45, 7) is 3.08. The summed E-state index contributed by atoms with van der Waals surface area (Å²) in [7, 11) is -3.56. The van der Waals surface area contributed by atoms with Crippen LogP contribution in [-0.2, 0) is 10.0 Å². The number of aromatic hydroxyl groups is 1. The first-order valence-corrected chi connectivity index (χ1v) is 7.10. The van der Waals surface area contributed by atoms with Crippen molar-refractivity contribution < 1.29 is 17.9 Å². The second-order valence-corrected chi connectivity index (χ2v) is 6.70. The number of hydrogen-bond acceptors (Lipinski definition) is 4. The summed E-state index contributed by atoms with van der Waals surface area (Å²) in [6.07, 6.45) is 2.53. The van der Waals surface area contributed by atoms with E-state index in [9.17, 15) is 17.9 Å². The zero-order chi connectivity index (χ0) is 14.2. The molecule has 1 aromatic carbocycles. The Kier molecular flexibility index (Phi) is 3.32. The third-order valence-corrected chi connectivity index (χ3v) is 4.60. The van der Waals surface area contributed by atoms with E-state index in [1.54, 1.807) is 0 Å². The van der Waals surface area contributed by atoms with Crippen molar-refractivity contribution in [3.8, 4) is 16.9 Å². The lowest BCUT2D eigenvalue weighted by Crippen LogP contribution is -2.22. The second-order valence-electron chi connectivity index (χ2n) is 4.36. The number of benzene rings is 1. The Balaban J connectivity index is 2.50. The minimum absolute atomic E-state index is 0.136. The Bertz CT molecular complexity index is 708. The summed E-state index contributed by atoms with van der Waals surface area (Å²) < 4.78 is 37.8. The monoisotopic (exact) mass is 284 g/mol. The lowest BCUT2D eigenvalue weighted by atomic mass is 10.1. The number of hydrogen-bond donors (Lipinski definition) is 1. The van der Waals surface area contributed by atoms with Crippen molar-refractivity contribution in [2.24, 2.45) is 0 Å². The van der Waals surface area contributed by atoms with Gasteiger partial charge in [-0.1, -0.05) is 0 Å². The highest BCUT2D eigenvalue weighted by Crippen LogP contribution is 2.29. The van der Waals surface area contributed by atoms with Gasteiger partial charge >= 0.3 is 0 Å². The summed E-state index contributed by atoms with van der Waals surface area (Å²) in [5, 5.41) is 12.8. The van der Waals surface area contributed by atoms with E-state index in [4.69, 9.17) is 0 Å². The van der Waals surface area contributed by atoms with Gasteiger partial charge in [-0.25, -0.2) is 12.8 Å². The fourth-order valence-electron chi connectivity index (χ4n) is 1.54. The summed E-state index contributed by atoms with van der Waals surface area (Å²) in [5.74, 6) is -0.657. The highest BCUT2D eigenvalue weighted by molar-refractivity contribution is 7.90. The Morgan fingerprint density at radius 2 is 2.05 bits per heavy atom. The standard InChI is InChI=1S/C12H13FN2O3S/c1-8(2)19(17,18)15-7-9(6-14-15)11-5-10(13)3-4-12(11)16/h3-8,16H,1-2H3. The minimum atomic E-state index is -3.56. The molecule has 0 saturated carbocycles. The molecule has 0 fully saturated rings. The molecule has 5 nitrogen and oxygen atoms in total. The van der Waals surface area contributed by atoms with E-state index in [2.05, 4.69) is 5.10 Å². The zero-order valence-electron chi connectivity index (χ0n) is 10.4. The Labute approximate surface area is 110 Å². The molecule has 0 unspecified atom stereocenters. The normalized spacial score (nSPS) is 12.0. The lowest BCUT2D eigenvalue weighted by Gasteiger charge is -2.06. The molecule has 102 valence electrons. The van der Waals surface area contributed by atoms with Gasteiger partial charge in [-0.3, -0.25) is 0 Å². The van der Waals surface area contributed by atoms with Gasteiger partial charge < -0.3 is 5.11 Å². The topological polar surface area (TPSA) is 72.2 Å². The van der Waals surface area contributed by atoms with Gasteiger partial charge in [-0.2, -0.15) is 9.19 Å². The number of halogens is 1. The van der Waals surface area contributed by atoms with E-state index in [1.807, 2.05) is 0 Å². The van der Waals surface area contributed by atoms with Gasteiger partial charge in [0.25, 0.3) is 10.0 Å². The number of phenols is 1. The minimum Gasteiger partial charge on any atom is -0.507 e. The molecule has 0 aliphatic rings. The number of rotatable bonds is 3. The van der Waals surface area contributed by atoms with Crippen LogP contribution in [0.4, 0.5) is 4.39 Å². The summed E-state index contributed by atoms with van der Waals surface area (Å²) >= 11 is 0. The molecule has 0 spiro atoms. The molecule has 0 atom stereocenters. The molecule has 7 heteroatoms. The number of nitrogens with zero attached hydrogens (tertiary/aromatic N) is 2. The largest absolute Gasteiger partial charge is 0.507 e. The number of aromatic nitrogens is 2. The molecule has 1 aromatic heterocycles. The smallest absolute Gasteiger partial charge is 0.256 e. The van der Waals surface area contributed by atoms with Crippen molar-refractivity contribution in [1.82, 2.24) is 9.19 Å². The molecule has 2 aromatic rings. The predicted molar refractivity (Wildman–Crippen MR) is 68.7 cm³/mol. The molecule has 0 amide bonds. The van der Waals surface area contributed by atoms with Crippen LogP contribution < -0.4 is 0 Å². The number of phenolic OH excluding ortho intramolecular Hbond substituents is 1. The van der Waals surface area contributed by atoms with E-state index >= 15 is 0 Å². The molecule has 0 radical (unpaired) electrons. The van der Waals surface area contributed by atoms with Crippen LogP contribution in [0.2, 0.25) is 0 Å². The summed E-state index contributed by atoms with van der Waals surface area (Å²) in [5.41, 5.74) is 0.534. The maximum atomic E-state index is 13.1. The first kappa shape index (κ1) is 13.5. The second kappa shape index (κ2) is 4.65. The lowest BCUT2D eigenvalue weighted by molar-refractivity contribution is 0.475. The fourth-order valence-corrected chi connectivity index (χ4v) is 2.41. The molecule has 0 aliphatic heterocycles. The van der Waals surface area contributed by atoms with Crippen LogP contribution in [0.25, 0.3) is 11.1 Å². The molecule has 0 bridgehead atoms. The SMILES string of the molecule is CC(C)S(=O)(=O)n1cc(-c2cc(F)ccc2O)cn1. The van der Waals surface area contributed by atoms with Crippen LogP contribution >= 0.6 is 0 Å². The van der Waals surface area contributed by atoms with Gasteiger partial charge in [0.2, 0.25) is 0 Å². The van der Waals surface area contributed by atoms with Gasteiger partial charge in [-0.15, -0.1) is 0 Å². The van der Waals surface area contributed by atoms with Gasteiger partial charge in [0.1, 0.15) is 11.6 Å². The first-order valence-electron chi connectivity index (χ1n) is 5.60. The Hall–Kier alpha value is -1.89. The quantitative estimate of drug-likeness (QED) is 0.935. The van der Waals surface area contributed by atoms with Crippen molar-refractivity contribution in [2.45, 2.75) is 19.1 Å². The van der Waals surface area contributed by atoms with Crippen LogP contribution in [0.1, 0.15) is 13.8 Å². The molecule has 1 N–H and O–H groups in total. The molecule has 0 aliphatic carbocycles. The maximum absolute atomic E-state index is 13.1. The van der Waals surface area contributed by atoms with Crippen molar-refractivity contribution in [3.05, 3.63) is 36.4 Å². The molecule has 19 heavy (non-hydrogen) atoms. The van der Waals surface area contributed by atoms with Gasteiger partial charge in [-0.05, 0) is 32.0 Å². The predicted octanol–water partition coefficient (Wildman–Crippen LogP) is 1.98. The van der Waals surface area contributed by atoms with Gasteiger partial charge in [0.05, 0.1) is 17.6 Å². The summed E-state index contributed by atoms with van der Waals surface area (Å²) in [4.78, 5) is 0. The van der Waals surface area contributed by atoms with Crippen LogP contribution in [-0.4, -0.2) is 28.0 Å². The van der Waals surface area contributed by atoms with Crippen molar-refractivity contribution in [2.75, 3.05) is 0 Å². The van der Waals surface area contributed by atoms with Crippen LogP contribution in [0.5, 0.6) is 5.75 Å². The van der Waals surface area contributed by atoms with E-state index in [0.717, 1.165) is 16.2 Å².